The van der Waals surface area contributed by atoms with E-state index in [1.807, 2.05) is 33.8 Å². The number of likely N-dealkylation sites (tertiary alicyclic amines) is 1. The fourth-order valence-corrected chi connectivity index (χ4v) is 5.64. The van der Waals surface area contributed by atoms with Gasteiger partial charge in [-0.3, -0.25) is 14.4 Å². The summed E-state index contributed by atoms with van der Waals surface area (Å²) in [4.78, 5) is 45.1. The summed E-state index contributed by atoms with van der Waals surface area (Å²) in [5.74, 6) is -0.843. The van der Waals surface area contributed by atoms with Crippen molar-refractivity contribution in [2.24, 2.45) is 22.5 Å². The van der Waals surface area contributed by atoms with Gasteiger partial charge in [-0.05, 0) is 29.9 Å². The van der Waals surface area contributed by atoms with Crippen LogP contribution in [0.1, 0.15) is 53.4 Å². The lowest BCUT2D eigenvalue weighted by atomic mass is 9.86. The van der Waals surface area contributed by atoms with Crippen molar-refractivity contribution in [3.8, 4) is 11.6 Å². The molecular formula is C28H36ClN3O6. The quantitative estimate of drug-likeness (QED) is 0.481. The molecule has 1 amide bonds. The average molecular weight is 546 g/mol. The van der Waals surface area contributed by atoms with E-state index in [2.05, 4.69) is 4.98 Å². The minimum atomic E-state index is -1.06. The second kappa shape index (κ2) is 10.3. The van der Waals surface area contributed by atoms with Gasteiger partial charge in [-0.1, -0.05) is 51.8 Å². The number of aliphatic carboxylic acids is 1. The summed E-state index contributed by atoms with van der Waals surface area (Å²) >= 11 is 6.37. The number of Topliss-reactive ketones (excluding diaryl/α,β-unsaturated/α-hetero) is 1. The topological polar surface area (TPSA) is 132 Å². The van der Waals surface area contributed by atoms with Crippen LogP contribution in [0.2, 0.25) is 5.02 Å². The van der Waals surface area contributed by atoms with Gasteiger partial charge in [-0.15, -0.1) is 0 Å². The molecule has 2 heterocycles. The predicted molar refractivity (Wildman–Crippen MR) is 143 cm³/mol. The number of carboxylic acids is 1. The zero-order valence-electron chi connectivity index (χ0n) is 22.5. The molecule has 2 aromatic rings. The molecule has 1 aliphatic heterocycles. The monoisotopic (exact) mass is 545 g/mol. The number of amides is 1. The number of nitrogens with two attached hydrogens (primary N) is 1. The van der Waals surface area contributed by atoms with Crippen LogP contribution in [0.5, 0.6) is 11.6 Å². The van der Waals surface area contributed by atoms with Gasteiger partial charge >= 0.3 is 5.97 Å². The van der Waals surface area contributed by atoms with Gasteiger partial charge < -0.3 is 25.2 Å². The molecule has 9 nitrogen and oxygen atoms in total. The second-order valence-corrected chi connectivity index (χ2v) is 11.9. The molecule has 2 fully saturated rings. The molecule has 2 aliphatic rings. The first-order chi connectivity index (χ1) is 17.8. The highest BCUT2D eigenvalue weighted by molar-refractivity contribution is 6.35. The van der Waals surface area contributed by atoms with Crippen molar-refractivity contribution in [2.45, 2.75) is 71.6 Å². The Morgan fingerprint density at radius 2 is 2.03 bits per heavy atom. The van der Waals surface area contributed by atoms with E-state index in [1.54, 1.807) is 18.2 Å². The fourth-order valence-electron chi connectivity index (χ4n) is 5.42. The number of benzene rings is 1. The van der Waals surface area contributed by atoms with Gasteiger partial charge in [0.25, 0.3) is 0 Å². The maximum atomic E-state index is 13.6. The van der Waals surface area contributed by atoms with Gasteiger partial charge in [0.2, 0.25) is 11.8 Å². The molecule has 4 rings (SSSR count). The van der Waals surface area contributed by atoms with Crippen LogP contribution < -0.4 is 15.2 Å². The summed E-state index contributed by atoms with van der Waals surface area (Å²) in [6.07, 6.45) is 0.731. The van der Waals surface area contributed by atoms with Crippen molar-refractivity contribution < 1.29 is 29.0 Å². The van der Waals surface area contributed by atoms with Crippen molar-refractivity contribution in [1.82, 2.24) is 9.88 Å². The van der Waals surface area contributed by atoms with Crippen LogP contribution in [0.3, 0.4) is 0 Å². The molecule has 10 heteroatoms. The third-order valence-corrected chi connectivity index (χ3v) is 8.29. The molecule has 0 bridgehead atoms. The number of ketones is 1. The third-order valence-electron chi connectivity index (χ3n) is 7.99. The number of pyridine rings is 1. The third kappa shape index (κ3) is 5.18. The first-order valence-electron chi connectivity index (χ1n) is 12.9. The number of halogens is 1. The van der Waals surface area contributed by atoms with E-state index in [1.165, 1.54) is 12.0 Å². The van der Waals surface area contributed by atoms with Gasteiger partial charge in [-0.2, -0.15) is 0 Å². The number of fused-ring (bicyclic) bond motifs is 1. The number of hydrogen-bond acceptors (Lipinski definition) is 7. The SMILES string of the molecule is CC[C@@H]1C[C@]1(CC(=O)[C@@H]1C[C@@H](Oc2cc(OC)nc3c(Cl)cccc23)CN1C(=O)[C@@H](N)C(C)(C)C)C(=O)O. The lowest BCUT2D eigenvalue weighted by molar-refractivity contribution is -0.147. The van der Waals surface area contributed by atoms with Crippen LogP contribution in [-0.2, 0) is 14.4 Å². The molecule has 206 valence electrons. The Morgan fingerprint density at radius 3 is 2.61 bits per heavy atom. The van der Waals surface area contributed by atoms with Crippen molar-refractivity contribution in [3.63, 3.8) is 0 Å². The summed E-state index contributed by atoms with van der Waals surface area (Å²) < 4.78 is 11.7. The van der Waals surface area contributed by atoms with E-state index in [9.17, 15) is 19.5 Å². The maximum Gasteiger partial charge on any atom is 0.310 e. The molecule has 5 atom stereocenters. The van der Waals surface area contributed by atoms with Crippen molar-refractivity contribution in [3.05, 3.63) is 29.3 Å². The largest absolute Gasteiger partial charge is 0.488 e. The Labute approximate surface area is 227 Å². The number of methoxy groups -OCH3 is 1. The van der Waals surface area contributed by atoms with E-state index < -0.39 is 35.0 Å². The van der Waals surface area contributed by atoms with Gasteiger partial charge in [0.15, 0.2) is 5.78 Å². The number of hydrogen-bond donors (Lipinski definition) is 2. The first-order valence-corrected chi connectivity index (χ1v) is 13.3. The standard InChI is InChI=1S/C28H36ClN3O6/c1-6-15-12-28(15,26(35)36)13-20(33)19-10-16(14-32(19)25(34)24(30)27(2,3)4)38-21-11-22(37-5)31-23-17(21)8-7-9-18(23)29/h7-9,11,15-16,19,24H,6,10,12-14,30H2,1-5H3,(H,35,36)/t15-,16-,19+,24-,28-/m1/s1. The molecule has 0 unspecified atom stereocenters. The number of rotatable bonds is 9. The Bertz CT molecular complexity index is 1260. The van der Waals surface area contributed by atoms with Crippen molar-refractivity contribution in [2.75, 3.05) is 13.7 Å². The van der Waals surface area contributed by atoms with Crippen LogP contribution in [0, 0.1) is 16.7 Å². The minimum Gasteiger partial charge on any atom is -0.488 e. The lowest BCUT2D eigenvalue weighted by Gasteiger charge is -2.32. The number of aromatic nitrogens is 1. The molecule has 1 saturated heterocycles. The molecule has 1 aromatic heterocycles. The number of nitrogens with zero attached hydrogens (tertiary/aromatic N) is 2. The highest BCUT2D eigenvalue weighted by atomic mass is 35.5. The first kappa shape index (κ1) is 28.1. The van der Waals surface area contributed by atoms with Gasteiger partial charge in [0.05, 0.1) is 41.7 Å². The van der Waals surface area contributed by atoms with Crippen LogP contribution in [0.15, 0.2) is 24.3 Å². The zero-order valence-corrected chi connectivity index (χ0v) is 23.2. The Balaban J connectivity index is 1.64. The maximum absolute atomic E-state index is 13.6. The number of carboxylic acid groups (broad SMARTS) is 1. The normalized spacial score (nSPS) is 25.8. The lowest BCUT2D eigenvalue weighted by Crippen LogP contribution is -2.53. The van der Waals surface area contributed by atoms with E-state index in [0.717, 1.165) is 0 Å². The minimum absolute atomic E-state index is 0.0428. The van der Waals surface area contributed by atoms with E-state index in [0.29, 0.717) is 40.4 Å². The van der Waals surface area contributed by atoms with Gasteiger partial charge in [0, 0.05) is 24.3 Å². The van der Waals surface area contributed by atoms with Crippen LogP contribution in [-0.4, -0.2) is 64.5 Å². The highest BCUT2D eigenvalue weighted by Gasteiger charge is 2.61. The summed E-state index contributed by atoms with van der Waals surface area (Å²) in [5, 5.41) is 11.0. The summed E-state index contributed by atoms with van der Waals surface area (Å²) in [6, 6.07) is 5.32. The Morgan fingerprint density at radius 1 is 1.32 bits per heavy atom. The zero-order chi connectivity index (χ0) is 28.0. The van der Waals surface area contributed by atoms with Crippen molar-refractivity contribution in [1.29, 1.82) is 0 Å². The smallest absolute Gasteiger partial charge is 0.310 e. The molecular weight excluding hydrogens is 510 g/mol. The van der Waals surface area contributed by atoms with Crippen LogP contribution >= 0.6 is 11.6 Å². The predicted octanol–water partition coefficient (Wildman–Crippen LogP) is 4.08. The molecule has 0 radical (unpaired) electrons. The molecule has 1 aliphatic carbocycles. The number of ether oxygens (including phenoxy) is 2. The van der Waals surface area contributed by atoms with Gasteiger partial charge in [0.1, 0.15) is 11.9 Å². The molecule has 1 aromatic carbocycles. The van der Waals surface area contributed by atoms with Crippen molar-refractivity contribution >= 4 is 40.2 Å². The molecule has 1 saturated carbocycles. The van der Waals surface area contributed by atoms with E-state index >= 15 is 0 Å². The fraction of sp³-hybridized carbons (Fsp3) is 0.571. The van der Waals surface area contributed by atoms with Gasteiger partial charge in [-0.25, -0.2) is 4.98 Å². The van der Waals surface area contributed by atoms with Crippen LogP contribution in [0.25, 0.3) is 10.9 Å². The van der Waals surface area contributed by atoms with Crippen LogP contribution in [0.4, 0.5) is 0 Å². The average Bonchev–Trinajstić information content (AvgIpc) is 3.43. The summed E-state index contributed by atoms with van der Waals surface area (Å²) in [5.41, 5.74) is 5.25. The van der Waals surface area contributed by atoms with E-state index in [-0.39, 0.29) is 37.0 Å². The number of para-hydroxylation sites is 1. The summed E-state index contributed by atoms with van der Waals surface area (Å²) in [7, 11) is 1.49. The Kier molecular flexibility index (Phi) is 7.65. The Hall–Kier alpha value is -2.91. The second-order valence-electron chi connectivity index (χ2n) is 11.5. The summed E-state index contributed by atoms with van der Waals surface area (Å²) in [6.45, 7) is 7.67. The molecule has 0 spiro atoms. The number of carbonyl (C=O) groups excluding carboxylic acids is 2. The molecule has 3 N–H and O–H groups in total. The molecule has 38 heavy (non-hydrogen) atoms. The van der Waals surface area contributed by atoms with E-state index in [4.69, 9.17) is 26.8 Å². The highest BCUT2D eigenvalue weighted by Crippen LogP contribution is 2.57. The number of carbonyl (C=O) groups is 3.